The minimum Gasteiger partial charge on any atom is -0.265 e. The Hall–Kier alpha value is -1.94. The molecule has 1 aliphatic rings. The van der Waals surface area contributed by atoms with Crippen molar-refractivity contribution in [3.05, 3.63) is 54.4 Å². The van der Waals surface area contributed by atoms with Gasteiger partial charge in [-0.05, 0) is 30.2 Å². The molecule has 0 radical (unpaired) electrons. The second-order valence-corrected chi connectivity index (χ2v) is 7.27. The van der Waals surface area contributed by atoms with E-state index in [2.05, 4.69) is 25.5 Å². The van der Waals surface area contributed by atoms with Crippen molar-refractivity contribution in [3.63, 3.8) is 0 Å². The summed E-state index contributed by atoms with van der Waals surface area (Å²) < 4.78 is 40.7. The minimum absolute atomic E-state index is 0.0244. The summed E-state index contributed by atoms with van der Waals surface area (Å²) in [5.41, 5.74) is 7.10. The van der Waals surface area contributed by atoms with E-state index in [9.17, 15) is 12.8 Å². The molecule has 2 aromatic heterocycles. The van der Waals surface area contributed by atoms with Crippen LogP contribution in [0.15, 0.2) is 47.9 Å². The third kappa shape index (κ3) is 3.44. The largest absolute Gasteiger partial charge is 0.265 e. The second-order valence-electron chi connectivity index (χ2n) is 5.56. The van der Waals surface area contributed by atoms with Gasteiger partial charge in [0.15, 0.2) is 0 Å². The summed E-state index contributed by atoms with van der Waals surface area (Å²) in [5.74, 6) is -0.722. The van der Waals surface area contributed by atoms with Gasteiger partial charge >= 0.3 is 0 Å². The van der Waals surface area contributed by atoms with Crippen LogP contribution in [0.1, 0.15) is 24.9 Å². The lowest BCUT2D eigenvalue weighted by Crippen LogP contribution is -2.46. The van der Waals surface area contributed by atoms with Gasteiger partial charge in [-0.15, -0.1) is 0 Å². The highest BCUT2D eigenvalue weighted by Gasteiger charge is 2.37. The molecule has 0 amide bonds. The van der Waals surface area contributed by atoms with Crippen molar-refractivity contribution in [3.8, 4) is 0 Å². The van der Waals surface area contributed by atoms with Crippen molar-refractivity contribution >= 4 is 10.0 Å². The fraction of sp³-hybridized carbons (Fsp3) is 0.333. The lowest BCUT2D eigenvalue weighted by atomic mass is 9.91. The van der Waals surface area contributed by atoms with E-state index in [1.54, 1.807) is 12.4 Å². The lowest BCUT2D eigenvalue weighted by molar-refractivity contribution is 0.386. The van der Waals surface area contributed by atoms with Crippen LogP contribution in [0.3, 0.4) is 0 Å². The van der Waals surface area contributed by atoms with Crippen molar-refractivity contribution in [1.82, 2.24) is 25.5 Å². The first kappa shape index (κ1) is 16.9. The van der Waals surface area contributed by atoms with E-state index in [4.69, 9.17) is 0 Å². The first-order valence-corrected chi connectivity index (χ1v) is 9.03. The van der Waals surface area contributed by atoms with E-state index in [1.807, 2.05) is 19.1 Å². The predicted octanol–water partition coefficient (Wildman–Crippen LogP) is 1.10. The number of aromatic nitrogens is 2. The SMILES string of the molecule is CCC1C(NS(=O)(=O)c2cncc(F)c2)NNC1c1ccncc1. The van der Waals surface area contributed by atoms with Gasteiger partial charge in [0.25, 0.3) is 0 Å². The topological polar surface area (TPSA) is 96.0 Å². The maximum atomic E-state index is 13.2. The molecular weight excluding hydrogens is 333 g/mol. The van der Waals surface area contributed by atoms with Crippen molar-refractivity contribution in [2.75, 3.05) is 0 Å². The number of sulfonamides is 1. The van der Waals surface area contributed by atoms with Gasteiger partial charge in [-0.25, -0.2) is 23.7 Å². The average Bonchev–Trinajstić information content (AvgIpc) is 2.97. The number of nitrogens with zero attached hydrogens (tertiary/aromatic N) is 2. The maximum absolute atomic E-state index is 13.2. The fourth-order valence-electron chi connectivity index (χ4n) is 2.85. The van der Waals surface area contributed by atoms with Crippen LogP contribution in [0.5, 0.6) is 0 Å². The Balaban J connectivity index is 1.80. The molecule has 0 saturated carbocycles. The van der Waals surface area contributed by atoms with E-state index >= 15 is 0 Å². The van der Waals surface area contributed by atoms with Gasteiger partial charge in [0, 0.05) is 24.5 Å². The molecule has 3 unspecified atom stereocenters. The summed E-state index contributed by atoms with van der Waals surface area (Å²) in [7, 11) is -3.88. The first-order chi connectivity index (χ1) is 11.5. The van der Waals surface area contributed by atoms with Crippen LogP contribution in [-0.4, -0.2) is 24.6 Å². The molecule has 3 atom stereocenters. The maximum Gasteiger partial charge on any atom is 0.243 e. The van der Waals surface area contributed by atoms with Gasteiger partial charge in [-0.2, -0.15) is 4.72 Å². The second kappa shape index (κ2) is 6.89. The number of nitrogens with one attached hydrogen (secondary N) is 3. The zero-order valence-electron chi connectivity index (χ0n) is 13.0. The van der Waals surface area contributed by atoms with Crippen LogP contribution in [-0.2, 0) is 10.0 Å². The van der Waals surface area contributed by atoms with Gasteiger partial charge < -0.3 is 0 Å². The van der Waals surface area contributed by atoms with E-state index in [1.165, 1.54) is 0 Å². The molecule has 0 bridgehead atoms. The Morgan fingerprint density at radius 1 is 1.21 bits per heavy atom. The smallest absolute Gasteiger partial charge is 0.243 e. The van der Waals surface area contributed by atoms with E-state index in [0.717, 1.165) is 30.4 Å². The molecule has 2 aromatic rings. The molecular formula is C15H18FN5O2S. The monoisotopic (exact) mass is 351 g/mol. The van der Waals surface area contributed by atoms with Gasteiger partial charge in [0.05, 0.1) is 18.4 Å². The normalized spacial score (nSPS) is 24.2. The van der Waals surface area contributed by atoms with Crippen molar-refractivity contribution in [2.24, 2.45) is 5.92 Å². The molecule has 128 valence electrons. The number of hydrogen-bond acceptors (Lipinski definition) is 6. The van der Waals surface area contributed by atoms with Crippen LogP contribution in [0.4, 0.5) is 4.39 Å². The number of pyridine rings is 2. The van der Waals surface area contributed by atoms with E-state index in [0.29, 0.717) is 0 Å². The molecule has 3 N–H and O–H groups in total. The number of halogens is 1. The Kier molecular flexibility index (Phi) is 4.86. The predicted molar refractivity (Wildman–Crippen MR) is 85.3 cm³/mol. The summed E-state index contributed by atoms with van der Waals surface area (Å²) in [6.07, 6.45) is 5.68. The summed E-state index contributed by atoms with van der Waals surface area (Å²) in [4.78, 5) is 7.38. The number of hydrazine groups is 1. The highest BCUT2D eigenvalue weighted by Crippen LogP contribution is 2.30. The number of hydrogen-bond donors (Lipinski definition) is 3. The van der Waals surface area contributed by atoms with Crippen LogP contribution < -0.4 is 15.6 Å². The van der Waals surface area contributed by atoms with E-state index in [-0.39, 0.29) is 16.9 Å². The van der Waals surface area contributed by atoms with Gasteiger partial charge in [-0.1, -0.05) is 6.92 Å². The molecule has 1 fully saturated rings. The molecule has 0 spiro atoms. The first-order valence-electron chi connectivity index (χ1n) is 7.55. The molecule has 0 aromatic carbocycles. The molecule has 7 nitrogen and oxygen atoms in total. The quantitative estimate of drug-likeness (QED) is 0.746. The lowest BCUT2D eigenvalue weighted by Gasteiger charge is -2.22. The van der Waals surface area contributed by atoms with Gasteiger partial charge in [-0.3, -0.25) is 9.97 Å². The van der Waals surface area contributed by atoms with Crippen molar-refractivity contribution in [1.29, 1.82) is 0 Å². The Morgan fingerprint density at radius 3 is 2.62 bits per heavy atom. The zero-order valence-corrected chi connectivity index (χ0v) is 13.8. The van der Waals surface area contributed by atoms with E-state index < -0.39 is 22.0 Å². The molecule has 0 aliphatic carbocycles. The highest BCUT2D eigenvalue weighted by atomic mass is 32.2. The summed E-state index contributed by atoms with van der Waals surface area (Å²) in [5, 5.41) is 0. The summed E-state index contributed by atoms with van der Waals surface area (Å²) >= 11 is 0. The Labute approximate surface area is 139 Å². The van der Waals surface area contributed by atoms with Gasteiger partial charge in [0.2, 0.25) is 10.0 Å². The highest BCUT2D eigenvalue weighted by molar-refractivity contribution is 7.89. The summed E-state index contributed by atoms with van der Waals surface area (Å²) in [6, 6.07) is 4.65. The van der Waals surface area contributed by atoms with Crippen LogP contribution >= 0.6 is 0 Å². The average molecular weight is 351 g/mol. The molecule has 3 heterocycles. The van der Waals surface area contributed by atoms with Crippen LogP contribution in [0.2, 0.25) is 0 Å². The Bertz CT molecular complexity index is 803. The van der Waals surface area contributed by atoms with Crippen molar-refractivity contribution < 1.29 is 12.8 Å². The third-order valence-electron chi connectivity index (χ3n) is 4.06. The molecule has 3 rings (SSSR count). The number of rotatable bonds is 5. The zero-order chi connectivity index (χ0) is 17.2. The minimum atomic E-state index is -3.88. The molecule has 24 heavy (non-hydrogen) atoms. The fourth-order valence-corrected chi connectivity index (χ4v) is 4.02. The molecule has 1 aliphatic heterocycles. The molecule has 9 heteroatoms. The molecule has 1 saturated heterocycles. The van der Waals surface area contributed by atoms with Crippen LogP contribution in [0, 0.1) is 11.7 Å². The summed E-state index contributed by atoms with van der Waals surface area (Å²) in [6.45, 7) is 1.98. The van der Waals surface area contributed by atoms with Crippen LogP contribution in [0.25, 0.3) is 0 Å². The Morgan fingerprint density at radius 2 is 1.96 bits per heavy atom. The standard InChI is InChI=1S/C15H18FN5O2S/c1-2-13-14(10-3-5-17-6-4-10)19-20-15(13)21-24(22,23)12-7-11(16)8-18-9-12/h3-9,13-15,19-21H,2H2,1H3. The van der Waals surface area contributed by atoms with Crippen molar-refractivity contribution in [2.45, 2.75) is 30.4 Å². The van der Waals surface area contributed by atoms with Gasteiger partial charge in [0.1, 0.15) is 10.7 Å². The third-order valence-corrected chi connectivity index (χ3v) is 5.47.